The molecule has 0 aliphatic carbocycles. The first-order valence-corrected chi connectivity index (χ1v) is 5.99. The van der Waals surface area contributed by atoms with Crippen LogP contribution < -0.4 is 4.90 Å². The average Bonchev–Trinajstić information content (AvgIpc) is 2.46. The summed E-state index contributed by atoms with van der Waals surface area (Å²) in [4.78, 5) is 14.9. The van der Waals surface area contributed by atoms with Crippen LogP contribution in [0.15, 0.2) is 18.2 Å². The third-order valence-electron chi connectivity index (χ3n) is 3.19. The number of rotatable bonds is 2. The van der Waals surface area contributed by atoms with Gasteiger partial charge in [0.1, 0.15) is 18.5 Å². The van der Waals surface area contributed by atoms with Gasteiger partial charge in [-0.1, -0.05) is 0 Å². The zero-order valence-corrected chi connectivity index (χ0v) is 10.3. The summed E-state index contributed by atoms with van der Waals surface area (Å²) >= 11 is 0. The Labute approximate surface area is 110 Å². The number of nitriles is 1. The molecule has 1 saturated heterocycles. The van der Waals surface area contributed by atoms with Gasteiger partial charge in [-0.3, -0.25) is 4.79 Å². The van der Waals surface area contributed by atoms with E-state index in [1.807, 2.05) is 11.0 Å². The van der Waals surface area contributed by atoms with Crippen LogP contribution in [0.3, 0.4) is 0 Å². The molecule has 1 aliphatic heterocycles. The molecule has 0 aromatic heterocycles. The Morgan fingerprint density at radius 1 is 1.37 bits per heavy atom. The molecule has 0 radical (unpaired) electrons. The van der Waals surface area contributed by atoms with Gasteiger partial charge in [-0.05, 0) is 18.2 Å². The molecule has 100 valence electrons. The Morgan fingerprint density at radius 3 is 2.63 bits per heavy atom. The van der Waals surface area contributed by atoms with Crippen molar-refractivity contribution in [3.63, 3.8) is 0 Å². The number of amides is 1. The molecular formula is C13H14FN3O2. The van der Waals surface area contributed by atoms with Gasteiger partial charge < -0.3 is 14.9 Å². The lowest BCUT2D eigenvalue weighted by atomic mass is 10.1. The molecule has 1 aliphatic rings. The van der Waals surface area contributed by atoms with Crippen LogP contribution in [0.1, 0.15) is 5.56 Å². The van der Waals surface area contributed by atoms with Crippen molar-refractivity contribution >= 4 is 11.6 Å². The van der Waals surface area contributed by atoms with Crippen molar-refractivity contribution < 1.29 is 14.3 Å². The van der Waals surface area contributed by atoms with Crippen LogP contribution in [0.4, 0.5) is 10.1 Å². The predicted molar refractivity (Wildman–Crippen MR) is 67.0 cm³/mol. The fraction of sp³-hybridized carbons (Fsp3) is 0.385. The zero-order chi connectivity index (χ0) is 13.8. The van der Waals surface area contributed by atoms with Gasteiger partial charge in [0.05, 0.1) is 11.3 Å². The minimum absolute atomic E-state index is 0.292. The monoisotopic (exact) mass is 263 g/mol. The SMILES string of the molecule is N#Cc1cc(F)ccc1N1CCN(C(=O)CO)CC1. The molecule has 0 atom stereocenters. The van der Waals surface area contributed by atoms with E-state index >= 15 is 0 Å². The molecule has 6 heteroatoms. The van der Waals surface area contributed by atoms with Crippen molar-refractivity contribution in [2.75, 3.05) is 37.7 Å². The van der Waals surface area contributed by atoms with Crippen LogP contribution >= 0.6 is 0 Å². The summed E-state index contributed by atoms with van der Waals surface area (Å²) < 4.78 is 13.1. The summed E-state index contributed by atoms with van der Waals surface area (Å²) in [5, 5.41) is 17.8. The highest BCUT2D eigenvalue weighted by molar-refractivity contribution is 5.77. The highest BCUT2D eigenvalue weighted by Gasteiger charge is 2.22. The van der Waals surface area contributed by atoms with E-state index in [4.69, 9.17) is 10.4 Å². The summed E-state index contributed by atoms with van der Waals surface area (Å²) in [5.41, 5.74) is 0.974. The Hall–Kier alpha value is -2.13. The third-order valence-corrected chi connectivity index (χ3v) is 3.19. The first-order valence-electron chi connectivity index (χ1n) is 5.99. The largest absolute Gasteiger partial charge is 0.387 e. The van der Waals surface area contributed by atoms with Crippen LogP contribution in [0, 0.1) is 17.1 Å². The summed E-state index contributed by atoms with van der Waals surface area (Å²) in [6, 6.07) is 6.09. The maximum atomic E-state index is 13.1. The van der Waals surface area contributed by atoms with E-state index < -0.39 is 12.4 Å². The summed E-state index contributed by atoms with van der Waals surface area (Å²) in [6.45, 7) is 1.61. The lowest BCUT2D eigenvalue weighted by molar-refractivity contribution is -0.134. The number of anilines is 1. The standard InChI is InChI=1S/C13H14FN3O2/c14-11-1-2-12(10(7-11)8-15)16-3-5-17(6-4-16)13(19)9-18/h1-2,7,18H,3-6,9H2. The second-order valence-electron chi connectivity index (χ2n) is 4.30. The highest BCUT2D eigenvalue weighted by atomic mass is 19.1. The van der Waals surface area contributed by atoms with Gasteiger partial charge in [0.2, 0.25) is 5.91 Å². The number of aliphatic hydroxyl groups is 1. The van der Waals surface area contributed by atoms with E-state index in [9.17, 15) is 9.18 Å². The molecule has 0 unspecified atom stereocenters. The Morgan fingerprint density at radius 2 is 2.05 bits per heavy atom. The molecule has 1 aromatic rings. The van der Waals surface area contributed by atoms with Crippen molar-refractivity contribution in [3.05, 3.63) is 29.6 Å². The molecule has 1 heterocycles. The quantitative estimate of drug-likeness (QED) is 0.835. The molecule has 0 spiro atoms. The number of hydrogen-bond donors (Lipinski definition) is 1. The van der Waals surface area contributed by atoms with E-state index in [0.29, 0.717) is 37.4 Å². The van der Waals surface area contributed by atoms with Crippen molar-refractivity contribution in [2.45, 2.75) is 0 Å². The van der Waals surface area contributed by atoms with Gasteiger partial charge in [0.15, 0.2) is 0 Å². The van der Waals surface area contributed by atoms with Gasteiger partial charge in [-0.2, -0.15) is 5.26 Å². The second-order valence-corrected chi connectivity index (χ2v) is 4.30. The van der Waals surface area contributed by atoms with Crippen molar-refractivity contribution in [3.8, 4) is 6.07 Å². The average molecular weight is 263 g/mol. The number of aliphatic hydroxyl groups excluding tert-OH is 1. The van der Waals surface area contributed by atoms with E-state index in [0.717, 1.165) is 0 Å². The number of halogens is 1. The number of benzene rings is 1. The molecule has 1 amide bonds. The summed E-state index contributed by atoms with van der Waals surface area (Å²) in [6.07, 6.45) is 0. The molecule has 1 N–H and O–H groups in total. The molecule has 1 aromatic carbocycles. The maximum Gasteiger partial charge on any atom is 0.248 e. The van der Waals surface area contributed by atoms with E-state index in [1.54, 1.807) is 11.0 Å². The lowest BCUT2D eigenvalue weighted by Crippen LogP contribution is -2.49. The van der Waals surface area contributed by atoms with Gasteiger partial charge in [0.25, 0.3) is 0 Å². The Balaban J connectivity index is 2.10. The Kier molecular flexibility index (Phi) is 3.97. The van der Waals surface area contributed by atoms with Gasteiger partial charge in [0, 0.05) is 26.2 Å². The number of nitrogens with zero attached hydrogens (tertiary/aromatic N) is 3. The molecule has 2 rings (SSSR count). The van der Waals surface area contributed by atoms with E-state index in [2.05, 4.69) is 0 Å². The van der Waals surface area contributed by atoms with Crippen molar-refractivity contribution in [1.82, 2.24) is 4.90 Å². The maximum absolute atomic E-state index is 13.1. The van der Waals surface area contributed by atoms with Gasteiger partial charge in [-0.25, -0.2) is 4.39 Å². The lowest BCUT2D eigenvalue weighted by Gasteiger charge is -2.36. The fourth-order valence-electron chi connectivity index (χ4n) is 2.17. The van der Waals surface area contributed by atoms with Gasteiger partial charge in [-0.15, -0.1) is 0 Å². The first-order chi connectivity index (χ1) is 9.15. The van der Waals surface area contributed by atoms with Crippen LogP contribution in [0.2, 0.25) is 0 Å². The van der Waals surface area contributed by atoms with Crippen LogP contribution in [-0.4, -0.2) is 48.7 Å². The Bertz CT molecular complexity index is 519. The summed E-state index contributed by atoms with van der Waals surface area (Å²) in [7, 11) is 0. The number of carbonyl (C=O) groups excluding carboxylic acids is 1. The molecule has 1 fully saturated rings. The van der Waals surface area contributed by atoms with Crippen LogP contribution in [-0.2, 0) is 4.79 Å². The normalized spacial score (nSPS) is 15.2. The summed E-state index contributed by atoms with van der Waals surface area (Å²) in [5.74, 6) is -0.728. The minimum Gasteiger partial charge on any atom is -0.387 e. The first kappa shape index (κ1) is 13.3. The van der Waals surface area contributed by atoms with Crippen LogP contribution in [0.25, 0.3) is 0 Å². The molecule has 0 bridgehead atoms. The van der Waals surface area contributed by atoms with Gasteiger partial charge >= 0.3 is 0 Å². The van der Waals surface area contributed by atoms with E-state index in [1.165, 1.54) is 12.1 Å². The minimum atomic E-state index is -0.486. The van der Waals surface area contributed by atoms with Crippen molar-refractivity contribution in [1.29, 1.82) is 5.26 Å². The smallest absolute Gasteiger partial charge is 0.248 e. The molecular weight excluding hydrogens is 249 g/mol. The molecule has 19 heavy (non-hydrogen) atoms. The second kappa shape index (κ2) is 5.67. The fourth-order valence-corrected chi connectivity index (χ4v) is 2.17. The third kappa shape index (κ3) is 2.83. The van der Waals surface area contributed by atoms with Crippen molar-refractivity contribution in [2.24, 2.45) is 0 Å². The number of hydrogen-bond acceptors (Lipinski definition) is 4. The topological polar surface area (TPSA) is 67.6 Å². The molecule has 5 nitrogen and oxygen atoms in total. The highest BCUT2D eigenvalue weighted by Crippen LogP contribution is 2.22. The van der Waals surface area contributed by atoms with Crippen LogP contribution in [0.5, 0.6) is 0 Å². The predicted octanol–water partition coefficient (Wildman–Crippen LogP) is 0.338. The molecule has 0 saturated carbocycles. The number of carbonyl (C=O) groups is 1. The van der Waals surface area contributed by atoms with E-state index in [-0.39, 0.29) is 5.91 Å². The zero-order valence-electron chi connectivity index (χ0n) is 10.3. The number of piperazine rings is 1.